The monoisotopic (exact) mass is 376 g/mol. The highest BCUT2D eigenvalue weighted by Gasteiger charge is 2.23. The molecule has 0 radical (unpaired) electrons. The van der Waals surface area contributed by atoms with E-state index in [9.17, 15) is 0 Å². The maximum Gasteiger partial charge on any atom is 0.225 e. The molecule has 4 rings (SSSR count). The molecule has 4 aromatic rings. The number of nitrogens with two attached hydrogens (primary N) is 1. The fraction of sp³-hybridized carbons (Fsp3) is 0.200. The Morgan fingerprint density at radius 2 is 1.81 bits per heavy atom. The molecule has 6 nitrogen and oxygen atoms in total. The second-order valence-electron chi connectivity index (χ2n) is 6.87. The zero-order valence-electron chi connectivity index (χ0n) is 15.4. The van der Waals surface area contributed by atoms with E-state index >= 15 is 0 Å². The molecule has 7 heteroatoms. The van der Waals surface area contributed by atoms with Crippen LogP contribution in [0.2, 0.25) is 0 Å². The van der Waals surface area contributed by atoms with Gasteiger partial charge in [0.25, 0.3) is 0 Å². The van der Waals surface area contributed by atoms with Gasteiger partial charge in [-0.3, -0.25) is 4.98 Å². The summed E-state index contributed by atoms with van der Waals surface area (Å²) < 4.78 is 1.06. The van der Waals surface area contributed by atoms with Crippen LogP contribution in [-0.2, 0) is 5.54 Å². The molecule has 136 valence electrons. The van der Waals surface area contributed by atoms with E-state index in [2.05, 4.69) is 51.2 Å². The van der Waals surface area contributed by atoms with Crippen LogP contribution in [0.15, 0.2) is 48.8 Å². The fourth-order valence-electron chi connectivity index (χ4n) is 3.01. The Bertz CT molecular complexity index is 1050. The molecule has 0 aliphatic rings. The van der Waals surface area contributed by atoms with Crippen LogP contribution in [0.3, 0.4) is 0 Å². The lowest BCUT2D eigenvalue weighted by Gasteiger charge is -2.27. The molecule has 0 bridgehead atoms. The van der Waals surface area contributed by atoms with E-state index in [-0.39, 0.29) is 5.54 Å². The van der Waals surface area contributed by atoms with Gasteiger partial charge >= 0.3 is 0 Å². The first-order chi connectivity index (χ1) is 12.9. The van der Waals surface area contributed by atoms with Crippen molar-refractivity contribution in [2.24, 2.45) is 0 Å². The van der Waals surface area contributed by atoms with Gasteiger partial charge in [0, 0.05) is 6.20 Å². The van der Waals surface area contributed by atoms with Gasteiger partial charge < -0.3 is 11.1 Å². The highest BCUT2D eigenvalue weighted by molar-refractivity contribution is 7.21. The van der Waals surface area contributed by atoms with Gasteiger partial charge in [-0.2, -0.15) is 4.98 Å². The zero-order valence-corrected chi connectivity index (χ0v) is 16.2. The molecule has 0 amide bonds. The highest BCUT2D eigenvalue weighted by atomic mass is 32.1. The van der Waals surface area contributed by atoms with Crippen molar-refractivity contribution in [2.75, 3.05) is 11.1 Å². The molecule has 3 aromatic heterocycles. The smallest absolute Gasteiger partial charge is 0.225 e. The molecule has 0 atom stereocenters. The fourth-order valence-corrected chi connectivity index (χ4v) is 4.05. The van der Waals surface area contributed by atoms with Crippen molar-refractivity contribution in [3.8, 4) is 10.6 Å². The summed E-state index contributed by atoms with van der Waals surface area (Å²) in [4.78, 5) is 17.9. The largest absolute Gasteiger partial charge is 0.383 e. The topological polar surface area (TPSA) is 89.6 Å². The molecule has 3 heterocycles. The molecule has 0 saturated carbocycles. The molecule has 27 heavy (non-hydrogen) atoms. The summed E-state index contributed by atoms with van der Waals surface area (Å²) in [6, 6.07) is 12.1. The average molecular weight is 376 g/mol. The van der Waals surface area contributed by atoms with Crippen LogP contribution in [0.1, 0.15) is 25.1 Å². The number of rotatable bonds is 4. The first-order valence-electron chi connectivity index (χ1n) is 8.63. The summed E-state index contributed by atoms with van der Waals surface area (Å²) in [5.41, 5.74) is 9.53. The normalized spacial score (nSPS) is 11.7. The number of hydrogen-bond acceptors (Lipinski definition) is 7. The van der Waals surface area contributed by atoms with Gasteiger partial charge in [0.1, 0.15) is 16.3 Å². The first-order valence-corrected chi connectivity index (χ1v) is 9.44. The van der Waals surface area contributed by atoms with Crippen LogP contribution < -0.4 is 11.1 Å². The Morgan fingerprint density at radius 3 is 2.52 bits per heavy atom. The number of nitrogen functional groups attached to an aromatic ring is 1. The van der Waals surface area contributed by atoms with Gasteiger partial charge in [0.05, 0.1) is 27.7 Å². The minimum Gasteiger partial charge on any atom is -0.383 e. The molecular formula is C20H20N6S. The lowest BCUT2D eigenvalue weighted by atomic mass is 9.95. The maximum atomic E-state index is 6.29. The van der Waals surface area contributed by atoms with E-state index in [1.807, 2.05) is 31.2 Å². The predicted octanol–water partition coefficient (Wildman–Crippen LogP) is 4.39. The van der Waals surface area contributed by atoms with Crippen molar-refractivity contribution in [2.45, 2.75) is 26.3 Å². The number of anilines is 2. The van der Waals surface area contributed by atoms with Gasteiger partial charge in [-0.15, -0.1) is 11.3 Å². The van der Waals surface area contributed by atoms with Gasteiger partial charge in [-0.25, -0.2) is 9.97 Å². The number of pyridine rings is 1. The quantitative estimate of drug-likeness (QED) is 0.549. The van der Waals surface area contributed by atoms with Crippen molar-refractivity contribution < 1.29 is 0 Å². The molecule has 0 saturated heterocycles. The summed E-state index contributed by atoms with van der Waals surface area (Å²) >= 11 is 1.56. The predicted molar refractivity (Wildman–Crippen MR) is 111 cm³/mol. The summed E-state index contributed by atoms with van der Waals surface area (Å²) in [6.45, 7) is 6.11. The molecule has 3 N–H and O–H groups in total. The number of aromatic nitrogens is 4. The van der Waals surface area contributed by atoms with E-state index < -0.39 is 0 Å². The van der Waals surface area contributed by atoms with Crippen LogP contribution in [0, 0.1) is 6.92 Å². The first kappa shape index (κ1) is 17.4. The average Bonchev–Trinajstić information content (AvgIpc) is 3.05. The summed E-state index contributed by atoms with van der Waals surface area (Å²) in [5, 5.41) is 4.20. The Balaban J connectivity index is 1.70. The van der Waals surface area contributed by atoms with E-state index in [4.69, 9.17) is 5.73 Å². The summed E-state index contributed by atoms with van der Waals surface area (Å²) in [6.07, 6.45) is 3.51. The number of nitrogens with one attached hydrogen (secondary N) is 1. The van der Waals surface area contributed by atoms with Gasteiger partial charge in [0.2, 0.25) is 5.95 Å². The summed E-state index contributed by atoms with van der Waals surface area (Å²) in [7, 11) is 0. The van der Waals surface area contributed by atoms with Crippen molar-refractivity contribution in [3.63, 3.8) is 0 Å². The third kappa shape index (κ3) is 3.33. The van der Waals surface area contributed by atoms with E-state index in [0.717, 1.165) is 32.0 Å². The lowest BCUT2D eigenvalue weighted by Crippen LogP contribution is -2.29. The van der Waals surface area contributed by atoms with Crippen molar-refractivity contribution in [1.82, 2.24) is 19.9 Å². The molecular weight excluding hydrogens is 356 g/mol. The second kappa shape index (κ2) is 6.59. The Morgan fingerprint density at radius 1 is 1.04 bits per heavy atom. The third-order valence-corrected chi connectivity index (χ3v) is 5.50. The number of aryl methyl sites for hydroxylation is 1. The Hall–Kier alpha value is -3.06. The van der Waals surface area contributed by atoms with Crippen LogP contribution in [-0.4, -0.2) is 19.9 Å². The van der Waals surface area contributed by atoms with E-state index in [1.54, 1.807) is 23.7 Å². The maximum absolute atomic E-state index is 6.29. The number of thiazole rings is 1. The SMILES string of the molecule is Cc1nc(NC(C)(C)c2ccccc2)nc(N)c1-c1nc2cnccc2s1. The number of fused-ring (bicyclic) bond motifs is 1. The van der Waals surface area contributed by atoms with Crippen LogP contribution >= 0.6 is 11.3 Å². The molecule has 0 aliphatic heterocycles. The second-order valence-corrected chi connectivity index (χ2v) is 7.90. The van der Waals surface area contributed by atoms with Gasteiger partial charge in [0.15, 0.2) is 0 Å². The molecule has 1 aromatic carbocycles. The third-order valence-electron chi connectivity index (χ3n) is 4.44. The molecule has 0 fully saturated rings. The molecule has 0 aliphatic carbocycles. The summed E-state index contributed by atoms with van der Waals surface area (Å²) in [5.74, 6) is 0.922. The van der Waals surface area contributed by atoms with Crippen LogP contribution in [0.5, 0.6) is 0 Å². The number of nitrogens with zero attached hydrogens (tertiary/aromatic N) is 4. The van der Waals surface area contributed by atoms with E-state index in [1.165, 1.54) is 0 Å². The molecule has 0 spiro atoms. The minimum absolute atomic E-state index is 0.330. The number of hydrogen-bond donors (Lipinski definition) is 2. The minimum atomic E-state index is -0.330. The van der Waals surface area contributed by atoms with Crippen molar-refractivity contribution in [1.29, 1.82) is 0 Å². The Labute approximate surface area is 161 Å². The van der Waals surface area contributed by atoms with Crippen molar-refractivity contribution >= 4 is 33.3 Å². The zero-order chi connectivity index (χ0) is 19.0. The standard InChI is InChI=1S/C20H20N6S/c1-12-16(18-24-14-11-22-10-9-15(14)27-18)17(21)25-19(23-12)26-20(2,3)13-7-5-4-6-8-13/h4-11H,1-3H3,(H3,21,23,25,26). The number of benzene rings is 1. The van der Waals surface area contributed by atoms with Crippen molar-refractivity contribution in [3.05, 3.63) is 60.0 Å². The molecule has 0 unspecified atom stereocenters. The lowest BCUT2D eigenvalue weighted by molar-refractivity contribution is 0.601. The highest BCUT2D eigenvalue weighted by Crippen LogP contribution is 2.35. The van der Waals surface area contributed by atoms with E-state index in [0.29, 0.717) is 11.8 Å². The van der Waals surface area contributed by atoms with Crippen LogP contribution in [0.4, 0.5) is 11.8 Å². The van der Waals surface area contributed by atoms with Crippen LogP contribution in [0.25, 0.3) is 20.8 Å². The Kier molecular flexibility index (Phi) is 4.24. The van der Waals surface area contributed by atoms with Gasteiger partial charge in [-0.05, 0) is 32.4 Å². The van der Waals surface area contributed by atoms with Gasteiger partial charge in [-0.1, -0.05) is 30.3 Å².